The van der Waals surface area contributed by atoms with Crippen LogP contribution in [0.2, 0.25) is 0 Å². The van der Waals surface area contributed by atoms with E-state index in [2.05, 4.69) is 198 Å². The van der Waals surface area contributed by atoms with Gasteiger partial charge in [-0.05, 0) is 173 Å². The fraction of sp³-hybridized carbons (Fsp3) is 0.560. The van der Waals surface area contributed by atoms with Crippen LogP contribution in [0.4, 0.5) is 0 Å². The molecular formula is C91H142O17P2. The van der Waals surface area contributed by atoms with Gasteiger partial charge in [-0.2, -0.15) is 0 Å². The van der Waals surface area contributed by atoms with Gasteiger partial charge in [0.1, 0.15) is 19.3 Å². The zero-order valence-corrected chi connectivity index (χ0v) is 69.4. The Morgan fingerprint density at radius 3 is 0.827 bits per heavy atom. The van der Waals surface area contributed by atoms with Crippen LogP contribution in [0.15, 0.2) is 219 Å². The highest BCUT2D eigenvalue weighted by Crippen LogP contribution is 2.45. The highest BCUT2D eigenvalue weighted by atomic mass is 31.2. The number of carbonyl (C=O) groups is 4. The number of aliphatic hydroxyl groups is 1. The first-order valence-corrected chi connectivity index (χ1v) is 44.0. The van der Waals surface area contributed by atoms with Crippen molar-refractivity contribution in [2.24, 2.45) is 0 Å². The van der Waals surface area contributed by atoms with Crippen molar-refractivity contribution < 1.29 is 80.2 Å². The Kier molecular flexibility index (Phi) is 75.6. The number of hydrogen-bond acceptors (Lipinski definition) is 15. The van der Waals surface area contributed by atoms with E-state index >= 15 is 0 Å². The van der Waals surface area contributed by atoms with E-state index in [1.807, 2.05) is 48.6 Å². The lowest BCUT2D eigenvalue weighted by Gasteiger charge is -2.21. The zero-order valence-electron chi connectivity index (χ0n) is 67.6. The number of ether oxygens (including phenoxy) is 4. The molecule has 0 fully saturated rings. The molecule has 5 atom stereocenters. The maximum atomic E-state index is 13.1. The quantitative estimate of drug-likeness (QED) is 0.0169. The van der Waals surface area contributed by atoms with E-state index in [0.717, 1.165) is 135 Å². The van der Waals surface area contributed by atoms with Crippen LogP contribution in [0, 0.1) is 0 Å². The smallest absolute Gasteiger partial charge is 0.462 e. The van der Waals surface area contributed by atoms with Gasteiger partial charge in [0.05, 0.1) is 26.4 Å². The fourth-order valence-corrected chi connectivity index (χ4v) is 11.3. The van der Waals surface area contributed by atoms with Gasteiger partial charge in [-0.25, -0.2) is 9.13 Å². The molecular weight excluding hydrogens is 1430 g/mol. The van der Waals surface area contributed by atoms with Gasteiger partial charge in [-0.1, -0.05) is 291 Å². The molecule has 3 N–H and O–H groups in total. The second-order valence-electron chi connectivity index (χ2n) is 26.2. The third-order valence-corrected chi connectivity index (χ3v) is 17.8. The molecule has 0 aromatic carbocycles. The van der Waals surface area contributed by atoms with E-state index in [1.54, 1.807) is 0 Å². The fourth-order valence-electron chi connectivity index (χ4n) is 9.76. The number of esters is 4. The van der Waals surface area contributed by atoms with Gasteiger partial charge in [-0.3, -0.25) is 37.3 Å². The van der Waals surface area contributed by atoms with Crippen molar-refractivity contribution in [1.29, 1.82) is 0 Å². The van der Waals surface area contributed by atoms with Crippen LogP contribution in [0.1, 0.15) is 272 Å². The van der Waals surface area contributed by atoms with E-state index in [0.29, 0.717) is 44.9 Å². The lowest BCUT2D eigenvalue weighted by Crippen LogP contribution is -2.30. The maximum absolute atomic E-state index is 13.1. The lowest BCUT2D eigenvalue weighted by molar-refractivity contribution is -0.161. The molecule has 0 aliphatic carbocycles. The van der Waals surface area contributed by atoms with E-state index < -0.39 is 97.5 Å². The molecule has 2 unspecified atom stereocenters. The number of carbonyl (C=O) groups excluding carboxylic acids is 4. The molecule has 0 aliphatic heterocycles. The molecule has 0 rings (SSSR count). The van der Waals surface area contributed by atoms with E-state index in [-0.39, 0.29) is 25.7 Å². The molecule has 0 saturated heterocycles. The molecule has 0 radical (unpaired) electrons. The topological polar surface area (TPSA) is 237 Å². The van der Waals surface area contributed by atoms with Crippen molar-refractivity contribution in [3.8, 4) is 0 Å². The Bertz CT molecular complexity index is 2950. The van der Waals surface area contributed by atoms with E-state index in [1.165, 1.54) is 38.5 Å². The van der Waals surface area contributed by atoms with Crippen LogP contribution in [0.25, 0.3) is 0 Å². The summed E-state index contributed by atoms with van der Waals surface area (Å²) in [5.41, 5.74) is 0. The van der Waals surface area contributed by atoms with Crippen molar-refractivity contribution >= 4 is 39.5 Å². The summed E-state index contributed by atoms with van der Waals surface area (Å²) < 4.78 is 68.4. The monoisotopic (exact) mass is 1570 g/mol. The summed E-state index contributed by atoms with van der Waals surface area (Å²) in [6, 6.07) is 0. The third kappa shape index (κ3) is 79.5. The first-order valence-electron chi connectivity index (χ1n) is 41.0. The number of aliphatic hydroxyl groups excluding tert-OH is 1. The van der Waals surface area contributed by atoms with Gasteiger partial charge < -0.3 is 33.8 Å². The summed E-state index contributed by atoms with van der Waals surface area (Å²) in [6.07, 6.45) is 102. The number of hydrogen-bond donors (Lipinski definition) is 3. The van der Waals surface area contributed by atoms with E-state index in [4.69, 9.17) is 37.0 Å². The largest absolute Gasteiger partial charge is 0.472 e. The second kappa shape index (κ2) is 80.4. The number of phosphoric acid groups is 2. The van der Waals surface area contributed by atoms with Crippen molar-refractivity contribution in [2.45, 2.75) is 290 Å². The first-order chi connectivity index (χ1) is 53.7. The molecule has 0 aromatic rings. The van der Waals surface area contributed by atoms with Crippen LogP contribution in [-0.4, -0.2) is 96.7 Å². The summed E-state index contributed by atoms with van der Waals surface area (Å²) in [5, 5.41) is 10.7. The van der Waals surface area contributed by atoms with Crippen molar-refractivity contribution in [3.05, 3.63) is 219 Å². The van der Waals surface area contributed by atoms with Gasteiger partial charge in [0.25, 0.3) is 0 Å². The minimum atomic E-state index is -5.03. The van der Waals surface area contributed by atoms with Gasteiger partial charge in [0.2, 0.25) is 0 Å². The molecule has 17 nitrogen and oxygen atoms in total. The van der Waals surface area contributed by atoms with Crippen molar-refractivity contribution in [1.82, 2.24) is 0 Å². The summed E-state index contributed by atoms with van der Waals surface area (Å²) in [6.45, 7) is 4.30. The molecule has 0 spiro atoms. The highest BCUT2D eigenvalue weighted by Gasteiger charge is 2.30. The van der Waals surface area contributed by atoms with Gasteiger partial charge >= 0.3 is 39.5 Å². The molecule has 19 heteroatoms. The molecule has 0 heterocycles. The lowest BCUT2D eigenvalue weighted by atomic mass is 10.1. The third-order valence-electron chi connectivity index (χ3n) is 15.9. The van der Waals surface area contributed by atoms with Crippen LogP contribution in [0.3, 0.4) is 0 Å². The van der Waals surface area contributed by atoms with Gasteiger partial charge in [0, 0.05) is 25.7 Å². The SMILES string of the molecule is CC/C=C\C/C=C\C/C=C\C/C=C\C/C=C\C/C=C\CCC(=O)OC[C@H](COP(=O)(O)OC[C@@H](O)COP(=O)(O)OC[C@@H](COC(=O)CCCCCCC/C=C\C/C=C\CCCCC)OC(=O)CC/C=C\C/C=C\C/C=C\C/C=C\C/C=C\C/C=C\CC)OC(=O)CCC/C=C\C/C=C\C/C=C\C/C=C\CCCCC. The standard InChI is InChI=1S/C91H142O17P2/c1-5-9-13-17-21-25-29-33-37-40-42-45-48-52-56-60-64-68-72-76-89(94)102-82-87(107-90(95)77-73-69-65-61-57-53-49-44-39-35-31-27-23-19-15-11-7-3)84-106-110(99,100)104-80-85(92)79-103-109(97,98)105-83-86(81-101-88(93)75-71-67-63-59-55-51-47-36-32-28-24-20-16-12-8-4)108-91(96)78-74-70-66-62-58-54-50-46-43-41-38-34-30-26-22-18-14-10-6-2/h9-10,13-14,21-28,33-39,42-43,45-47,49,52-54,56,58,61,64-66,68,70,85-87,92H,5-8,11-12,15-20,29-32,40-41,44,48,50-51,55,57,59-60,62-63,67,69,71-84H2,1-4H3,(H,97,98)(H,99,100)/b13-9-,14-10-,25-21-,26-22-,27-23-,28-24-,37-33-,38-34-,39-35-,45-42-,46-43-,47-36-,53-49-,56-52-,58-54-,65-61-,68-64-,70-66-/t85-,86+,87+/m0/s1. The molecule has 0 bridgehead atoms. The van der Waals surface area contributed by atoms with Crippen molar-refractivity contribution in [3.63, 3.8) is 0 Å². The van der Waals surface area contributed by atoms with Crippen molar-refractivity contribution in [2.75, 3.05) is 39.6 Å². The molecule has 0 aromatic heterocycles. The average Bonchev–Trinajstić information content (AvgIpc) is 0.906. The number of allylic oxidation sites excluding steroid dienone is 36. The van der Waals surface area contributed by atoms with Crippen LogP contribution < -0.4 is 0 Å². The Hall–Kier alpha value is -6.62. The Balaban J connectivity index is 5.60. The predicted molar refractivity (Wildman–Crippen MR) is 454 cm³/mol. The summed E-state index contributed by atoms with van der Waals surface area (Å²) in [7, 11) is -10.1. The average molecular weight is 1570 g/mol. The molecule has 110 heavy (non-hydrogen) atoms. The van der Waals surface area contributed by atoms with Gasteiger partial charge in [-0.15, -0.1) is 0 Å². The van der Waals surface area contributed by atoms with E-state index in [9.17, 15) is 43.2 Å². The number of phosphoric ester groups is 2. The van der Waals surface area contributed by atoms with Gasteiger partial charge in [0.15, 0.2) is 12.2 Å². The number of rotatable bonds is 74. The Morgan fingerprint density at radius 2 is 0.500 bits per heavy atom. The molecule has 0 aliphatic rings. The first kappa shape index (κ1) is 103. The normalized spacial score (nSPS) is 14.9. The molecule has 0 saturated carbocycles. The minimum absolute atomic E-state index is 0.00869. The predicted octanol–water partition coefficient (Wildman–Crippen LogP) is 24.4. The molecule has 0 amide bonds. The molecule has 618 valence electrons. The number of unbranched alkanes of at least 4 members (excludes halogenated alkanes) is 12. The summed E-state index contributed by atoms with van der Waals surface area (Å²) in [5.74, 6) is -2.48. The van der Waals surface area contributed by atoms with Crippen LogP contribution in [-0.2, 0) is 65.4 Å². The van der Waals surface area contributed by atoms with Crippen LogP contribution in [0.5, 0.6) is 0 Å². The highest BCUT2D eigenvalue weighted by molar-refractivity contribution is 7.47. The second-order valence-corrected chi connectivity index (χ2v) is 29.1. The Morgan fingerprint density at radius 1 is 0.264 bits per heavy atom. The summed E-state index contributed by atoms with van der Waals surface area (Å²) in [4.78, 5) is 73.1. The zero-order chi connectivity index (χ0) is 80.3. The van der Waals surface area contributed by atoms with Crippen LogP contribution >= 0.6 is 15.6 Å². The summed E-state index contributed by atoms with van der Waals surface area (Å²) >= 11 is 0. The minimum Gasteiger partial charge on any atom is -0.462 e. The maximum Gasteiger partial charge on any atom is 0.472 e. The Labute approximate surface area is 664 Å².